The van der Waals surface area contributed by atoms with Crippen molar-refractivity contribution in [1.82, 2.24) is 10.1 Å². The van der Waals surface area contributed by atoms with Gasteiger partial charge in [0, 0.05) is 23.7 Å². The molecule has 1 amide bonds. The molecule has 0 bridgehead atoms. The molecule has 0 spiro atoms. The Kier molecular flexibility index (Phi) is 6.22. The molecule has 0 radical (unpaired) electrons. The highest BCUT2D eigenvalue weighted by Crippen LogP contribution is 2.24. The molecule has 0 atom stereocenters. The van der Waals surface area contributed by atoms with Gasteiger partial charge in [-0.3, -0.25) is 4.79 Å². The van der Waals surface area contributed by atoms with Crippen LogP contribution in [0.25, 0.3) is 0 Å². The molecule has 0 fully saturated rings. The Hall–Kier alpha value is -3.13. The van der Waals surface area contributed by atoms with Crippen molar-refractivity contribution in [1.29, 1.82) is 0 Å². The van der Waals surface area contributed by atoms with Crippen LogP contribution in [0.2, 0.25) is 0 Å². The van der Waals surface area contributed by atoms with Crippen LogP contribution in [0, 0.1) is 6.92 Å². The van der Waals surface area contributed by atoms with Crippen LogP contribution in [0.15, 0.2) is 64.3 Å². The van der Waals surface area contributed by atoms with Gasteiger partial charge in [-0.25, -0.2) is 9.78 Å². The summed E-state index contributed by atoms with van der Waals surface area (Å²) in [5.41, 5.74) is 1.69. The first kappa shape index (κ1) is 18.7. The number of rotatable bonds is 7. The minimum Gasteiger partial charge on any atom is -0.452 e. The Bertz CT molecular complexity index is 927. The third-order valence-corrected chi connectivity index (χ3v) is 4.46. The molecule has 0 saturated heterocycles. The molecule has 27 heavy (non-hydrogen) atoms. The van der Waals surface area contributed by atoms with Crippen LogP contribution >= 0.6 is 11.8 Å². The van der Waals surface area contributed by atoms with E-state index in [1.165, 1.54) is 11.8 Å². The molecule has 0 aliphatic heterocycles. The van der Waals surface area contributed by atoms with Crippen molar-refractivity contribution in [2.75, 3.05) is 11.9 Å². The van der Waals surface area contributed by atoms with Crippen molar-refractivity contribution < 1.29 is 18.8 Å². The predicted octanol–water partition coefficient (Wildman–Crippen LogP) is 3.47. The van der Waals surface area contributed by atoms with E-state index in [1.54, 1.807) is 42.6 Å². The molecule has 7 nitrogen and oxygen atoms in total. The standard InChI is InChI=1S/C19H17N3O4S/c1-13-10-15(22-26-13)12-27-18-16(8-5-9-20-18)19(24)25-11-17(23)21-14-6-3-2-4-7-14/h2-10H,11-12H2,1H3,(H,21,23). The van der Waals surface area contributed by atoms with E-state index in [1.807, 2.05) is 19.1 Å². The molecule has 3 rings (SSSR count). The third-order valence-electron chi connectivity index (χ3n) is 3.42. The van der Waals surface area contributed by atoms with Crippen LogP contribution in [0.1, 0.15) is 21.8 Å². The fourth-order valence-electron chi connectivity index (χ4n) is 2.22. The zero-order chi connectivity index (χ0) is 19.1. The molecule has 0 unspecified atom stereocenters. The first-order valence-corrected chi connectivity index (χ1v) is 9.12. The average molecular weight is 383 g/mol. The smallest absolute Gasteiger partial charge is 0.341 e. The van der Waals surface area contributed by atoms with Gasteiger partial charge in [-0.2, -0.15) is 0 Å². The molecule has 0 saturated carbocycles. The highest BCUT2D eigenvalue weighted by Gasteiger charge is 2.16. The molecular formula is C19H17N3O4S. The van der Waals surface area contributed by atoms with Crippen LogP contribution in [0.5, 0.6) is 0 Å². The van der Waals surface area contributed by atoms with Crippen molar-refractivity contribution in [3.63, 3.8) is 0 Å². The Balaban J connectivity index is 1.57. The van der Waals surface area contributed by atoms with Crippen LogP contribution < -0.4 is 5.32 Å². The summed E-state index contributed by atoms with van der Waals surface area (Å²) in [7, 11) is 0. The van der Waals surface area contributed by atoms with Crippen molar-refractivity contribution in [2.45, 2.75) is 17.7 Å². The lowest BCUT2D eigenvalue weighted by atomic mass is 10.3. The van der Waals surface area contributed by atoms with E-state index in [-0.39, 0.29) is 6.61 Å². The Morgan fingerprint density at radius 1 is 1.19 bits per heavy atom. The second kappa shape index (κ2) is 9.00. The highest BCUT2D eigenvalue weighted by atomic mass is 32.2. The van der Waals surface area contributed by atoms with Gasteiger partial charge in [-0.1, -0.05) is 35.1 Å². The number of hydrogen-bond donors (Lipinski definition) is 1. The number of benzene rings is 1. The van der Waals surface area contributed by atoms with Crippen molar-refractivity contribution in [3.05, 3.63) is 71.7 Å². The topological polar surface area (TPSA) is 94.3 Å². The largest absolute Gasteiger partial charge is 0.452 e. The summed E-state index contributed by atoms with van der Waals surface area (Å²) >= 11 is 1.34. The molecule has 1 N–H and O–H groups in total. The lowest BCUT2D eigenvalue weighted by Crippen LogP contribution is -2.21. The van der Waals surface area contributed by atoms with Gasteiger partial charge in [-0.15, -0.1) is 0 Å². The van der Waals surface area contributed by atoms with E-state index in [2.05, 4.69) is 15.5 Å². The molecule has 0 aliphatic carbocycles. The maximum Gasteiger partial charge on any atom is 0.341 e. The number of thioether (sulfide) groups is 1. The van der Waals surface area contributed by atoms with Crippen LogP contribution in [-0.2, 0) is 15.3 Å². The number of esters is 1. The van der Waals surface area contributed by atoms with Gasteiger partial charge < -0.3 is 14.6 Å². The lowest BCUT2D eigenvalue weighted by Gasteiger charge is -2.08. The molecule has 2 aromatic heterocycles. The maximum atomic E-state index is 12.3. The number of amides is 1. The quantitative estimate of drug-likeness (QED) is 0.493. The minimum atomic E-state index is -0.606. The summed E-state index contributed by atoms with van der Waals surface area (Å²) in [6.45, 7) is 1.43. The fraction of sp³-hybridized carbons (Fsp3) is 0.158. The number of nitrogens with one attached hydrogen (secondary N) is 1. The van der Waals surface area contributed by atoms with Crippen LogP contribution in [-0.4, -0.2) is 28.6 Å². The normalized spacial score (nSPS) is 10.4. The van der Waals surface area contributed by atoms with Crippen LogP contribution in [0.4, 0.5) is 5.69 Å². The van der Waals surface area contributed by atoms with E-state index in [0.29, 0.717) is 22.0 Å². The number of pyridine rings is 1. The number of nitrogens with zero attached hydrogens (tertiary/aromatic N) is 2. The van der Waals surface area contributed by atoms with E-state index >= 15 is 0 Å². The third kappa shape index (κ3) is 5.42. The lowest BCUT2D eigenvalue weighted by molar-refractivity contribution is -0.119. The van der Waals surface area contributed by atoms with Gasteiger partial charge in [0.1, 0.15) is 10.8 Å². The summed E-state index contributed by atoms with van der Waals surface area (Å²) in [4.78, 5) is 28.5. The second-order valence-corrected chi connectivity index (χ2v) is 6.53. The molecule has 3 aromatic rings. The van der Waals surface area contributed by atoms with Gasteiger partial charge in [0.2, 0.25) is 0 Å². The Labute approximate surface area is 160 Å². The van der Waals surface area contributed by atoms with E-state index < -0.39 is 11.9 Å². The maximum absolute atomic E-state index is 12.3. The molecule has 8 heteroatoms. The average Bonchev–Trinajstić information content (AvgIpc) is 3.11. The van der Waals surface area contributed by atoms with E-state index in [4.69, 9.17) is 9.26 Å². The predicted molar refractivity (Wildman–Crippen MR) is 100 cm³/mol. The van der Waals surface area contributed by atoms with Gasteiger partial charge in [0.15, 0.2) is 6.61 Å². The van der Waals surface area contributed by atoms with Crippen LogP contribution in [0.3, 0.4) is 0 Å². The number of hydrogen-bond acceptors (Lipinski definition) is 7. The first-order valence-electron chi connectivity index (χ1n) is 8.14. The summed E-state index contributed by atoms with van der Waals surface area (Å²) in [5, 5.41) is 7.07. The summed E-state index contributed by atoms with van der Waals surface area (Å²) in [6, 6.07) is 14.0. The summed E-state index contributed by atoms with van der Waals surface area (Å²) < 4.78 is 10.1. The monoisotopic (exact) mass is 383 g/mol. The number of aryl methyl sites for hydroxylation is 1. The zero-order valence-corrected chi connectivity index (χ0v) is 15.4. The molecular weight excluding hydrogens is 366 g/mol. The zero-order valence-electron chi connectivity index (χ0n) is 14.5. The molecule has 0 aliphatic rings. The number of anilines is 1. The fourth-order valence-corrected chi connectivity index (χ4v) is 3.08. The molecule has 1 aromatic carbocycles. The Morgan fingerprint density at radius 3 is 2.74 bits per heavy atom. The number of aromatic nitrogens is 2. The second-order valence-electron chi connectivity index (χ2n) is 5.56. The number of para-hydroxylation sites is 1. The van der Waals surface area contributed by atoms with Gasteiger partial charge in [0.05, 0.1) is 11.3 Å². The van der Waals surface area contributed by atoms with E-state index in [0.717, 1.165) is 11.5 Å². The highest BCUT2D eigenvalue weighted by molar-refractivity contribution is 7.98. The van der Waals surface area contributed by atoms with Crippen molar-refractivity contribution in [3.8, 4) is 0 Å². The molecule has 138 valence electrons. The number of carbonyl (C=O) groups is 2. The van der Waals surface area contributed by atoms with Gasteiger partial charge in [0.25, 0.3) is 5.91 Å². The Morgan fingerprint density at radius 2 is 2.00 bits per heavy atom. The SMILES string of the molecule is Cc1cc(CSc2ncccc2C(=O)OCC(=O)Nc2ccccc2)no1. The van der Waals surface area contributed by atoms with Gasteiger partial charge >= 0.3 is 5.97 Å². The van der Waals surface area contributed by atoms with E-state index in [9.17, 15) is 9.59 Å². The number of carbonyl (C=O) groups excluding carboxylic acids is 2. The van der Waals surface area contributed by atoms with Gasteiger partial charge in [-0.05, 0) is 31.2 Å². The minimum absolute atomic E-state index is 0.301. The molecule has 2 heterocycles. The first-order chi connectivity index (χ1) is 13.1. The number of ether oxygens (including phenoxy) is 1. The summed E-state index contributed by atoms with van der Waals surface area (Å²) in [6.07, 6.45) is 1.59. The summed E-state index contributed by atoms with van der Waals surface area (Å²) in [5.74, 6) is 0.204. The van der Waals surface area contributed by atoms with Crippen molar-refractivity contribution in [2.24, 2.45) is 0 Å². The van der Waals surface area contributed by atoms with Crippen molar-refractivity contribution >= 4 is 29.3 Å².